The Morgan fingerprint density at radius 3 is 2.48 bits per heavy atom. The number of hydrogen-bond acceptors (Lipinski definition) is 4. The van der Waals surface area contributed by atoms with Gasteiger partial charge in [-0.15, -0.1) is 0 Å². The monoisotopic (exact) mass is 536 g/mol. The summed E-state index contributed by atoms with van der Waals surface area (Å²) in [4.78, 5) is 26.5. The van der Waals surface area contributed by atoms with Gasteiger partial charge in [-0.05, 0) is 38.8 Å². The number of hydrogen-bond donors (Lipinski definition) is 1. The molecule has 3 heterocycles. The Hall–Kier alpha value is -2.37. The number of pyridine rings is 1. The average molecular weight is 537 g/mol. The summed E-state index contributed by atoms with van der Waals surface area (Å²) >= 11 is 3.21. The molecule has 2 aromatic rings. The maximum Gasteiger partial charge on any atom is 0.410 e. The number of rotatable bonds is 3. The Morgan fingerprint density at radius 1 is 1.24 bits per heavy atom. The van der Waals surface area contributed by atoms with Gasteiger partial charge in [0.05, 0.1) is 30.7 Å². The summed E-state index contributed by atoms with van der Waals surface area (Å²) in [5.41, 5.74) is -0.726. The molecule has 3 rings (SSSR count). The van der Waals surface area contributed by atoms with Crippen LogP contribution >= 0.6 is 15.9 Å². The van der Waals surface area contributed by atoms with Gasteiger partial charge >= 0.3 is 12.3 Å². The number of ether oxygens (including phenoxy) is 1. The van der Waals surface area contributed by atoms with Crippen LogP contribution in [-0.2, 0) is 11.2 Å². The summed E-state index contributed by atoms with van der Waals surface area (Å²) in [6.45, 7) is 6.74. The third-order valence-corrected chi connectivity index (χ3v) is 5.60. The third kappa shape index (κ3) is 6.15. The van der Waals surface area contributed by atoms with Gasteiger partial charge in [0.1, 0.15) is 17.5 Å². The number of nitrogens with one attached hydrogen (secondary N) is 1. The van der Waals surface area contributed by atoms with Gasteiger partial charge in [0.25, 0.3) is 5.91 Å². The summed E-state index contributed by atoms with van der Waals surface area (Å²) in [7, 11) is 0. The highest BCUT2D eigenvalue weighted by atomic mass is 79.9. The molecule has 2 aromatic heterocycles. The van der Waals surface area contributed by atoms with E-state index in [9.17, 15) is 27.2 Å². The maximum absolute atomic E-state index is 15.0. The minimum atomic E-state index is -4.44. The number of carbonyl (C=O) groups excluding carboxylic acids is 2. The smallest absolute Gasteiger partial charge is 0.410 e. The van der Waals surface area contributed by atoms with Crippen LogP contribution in [0.5, 0.6) is 0 Å². The Morgan fingerprint density at radius 2 is 1.91 bits per heavy atom. The summed E-state index contributed by atoms with van der Waals surface area (Å²) < 4.78 is 60.4. The number of fused-ring (bicyclic) bond motifs is 1. The molecular weight excluding hydrogens is 512 g/mol. The van der Waals surface area contributed by atoms with Crippen LogP contribution in [0, 0.1) is 5.92 Å². The number of amides is 2. The van der Waals surface area contributed by atoms with Gasteiger partial charge in [-0.25, -0.2) is 13.7 Å². The highest BCUT2D eigenvalue weighted by Crippen LogP contribution is 2.27. The predicted molar refractivity (Wildman–Crippen MR) is 116 cm³/mol. The lowest BCUT2D eigenvalue weighted by atomic mass is 9.92. The number of carbonyl (C=O) groups is 2. The first-order chi connectivity index (χ1) is 15.1. The second-order valence-corrected chi connectivity index (χ2v) is 10.1. The van der Waals surface area contributed by atoms with E-state index in [1.807, 2.05) is 0 Å². The van der Waals surface area contributed by atoms with Crippen LogP contribution in [0.25, 0.3) is 5.52 Å². The molecule has 7 nitrogen and oxygen atoms in total. The predicted octanol–water partition coefficient (Wildman–Crippen LogP) is 4.52. The van der Waals surface area contributed by atoms with Crippen LogP contribution in [-0.4, -0.2) is 63.6 Å². The minimum Gasteiger partial charge on any atom is -0.444 e. The quantitative estimate of drug-likeness (QED) is 0.585. The number of piperidine rings is 1. The summed E-state index contributed by atoms with van der Waals surface area (Å²) in [5, 5.41) is 6.56. The Kier molecular flexibility index (Phi) is 6.97. The molecule has 1 N–H and O–H groups in total. The summed E-state index contributed by atoms with van der Waals surface area (Å²) in [6.07, 6.45) is -6.77. The zero-order valence-electron chi connectivity index (χ0n) is 18.5. The van der Waals surface area contributed by atoms with Crippen molar-refractivity contribution in [3.8, 4) is 0 Å². The Balaban J connectivity index is 1.78. The van der Waals surface area contributed by atoms with Crippen molar-refractivity contribution < 1.29 is 31.9 Å². The Labute approximate surface area is 196 Å². The fourth-order valence-electron chi connectivity index (χ4n) is 3.77. The van der Waals surface area contributed by atoms with E-state index in [0.29, 0.717) is 4.47 Å². The van der Waals surface area contributed by atoms with E-state index in [1.54, 1.807) is 27.7 Å². The second kappa shape index (κ2) is 9.11. The highest BCUT2D eigenvalue weighted by molar-refractivity contribution is 9.10. The zero-order valence-corrected chi connectivity index (χ0v) is 20.1. The van der Waals surface area contributed by atoms with E-state index in [2.05, 4.69) is 26.3 Å². The Bertz CT molecular complexity index is 1040. The van der Waals surface area contributed by atoms with Crippen molar-refractivity contribution in [2.45, 2.75) is 58.1 Å². The molecule has 1 aliphatic heterocycles. The number of alkyl halides is 4. The van der Waals surface area contributed by atoms with Crippen molar-refractivity contribution in [2.24, 2.45) is 5.92 Å². The van der Waals surface area contributed by atoms with Crippen LogP contribution in [0.1, 0.15) is 43.7 Å². The zero-order chi connectivity index (χ0) is 24.7. The molecule has 1 fully saturated rings. The van der Waals surface area contributed by atoms with E-state index in [-0.39, 0.29) is 29.9 Å². The van der Waals surface area contributed by atoms with Crippen LogP contribution in [0.15, 0.2) is 22.8 Å². The van der Waals surface area contributed by atoms with Gasteiger partial charge in [0.2, 0.25) is 0 Å². The van der Waals surface area contributed by atoms with Gasteiger partial charge in [0.15, 0.2) is 0 Å². The van der Waals surface area contributed by atoms with Crippen molar-refractivity contribution in [1.29, 1.82) is 0 Å². The SMILES string of the molecule is C[C@H]1CN(C(=O)OC(C)(C)C)C[C@H](F)[C@@H]1NC(=O)c1cc(Br)cc2c(CC(F)(F)F)cnn12. The van der Waals surface area contributed by atoms with Gasteiger partial charge in [0, 0.05) is 16.6 Å². The molecule has 0 saturated carbocycles. The van der Waals surface area contributed by atoms with Crippen molar-refractivity contribution in [3.05, 3.63) is 34.1 Å². The minimum absolute atomic E-state index is 0.0400. The van der Waals surface area contributed by atoms with E-state index in [0.717, 1.165) is 10.7 Å². The molecule has 182 valence electrons. The number of nitrogens with zero attached hydrogens (tertiary/aromatic N) is 3. The number of halogens is 5. The van der Waals surface area contributed by atoms with Gasteiger partial charge in [-0.2, -0.15) is 18.3 Å². The first-order valence-electron chi connectivity index (χ1n) is 10.3. The van der Waals surface area contributed by atoms with Crippen molar-refractivity contribution in [2.75, 3.05) is 13.1 Å². The molecule has 0 aliphatic carbocycles. The lowest BCUT2D eigenvalue weighted by Gasteiger charge is -2.39. The molecule has 0 spiro atoms. The average Bonchev–Trinajstić information content (AvgIpc) is 3.03. The number of aromatic nitrogens is 2. The van der Waals surface area contributed by atoms with Crippen LogP contribution in [0.2, 0.25) is 0 Å². The first kappa shape index (κ1) is 25.3. The summed E-state index contributed by atoms with van der Waals surface area (Å²) in [6, 6.07) is 1.93. The molecule has 0 unspecified atom stereocenters. The lowest BCUT2D eigenvalue weighted by molar-refractivity contribution is -0.127. The highest BCUT2D eigenvalue weighted by Gasteiger charge is 2.39. The molecule has 1 aliphatic rings. The van der Waals surface area contributed by atoms with Crippen LogP contribution in [0.4, 0.5) is 22.4 Å². The van der Waals surface area contributed by atoms with Crippen molar-refractivity contribution in [1.82, 2.24) is 19.8 Å². The second-order valence-electron chi connectivity index (χ2n) is 9.20. The van der Waals surface area contributed by atoms with E-state index < -0.39 is 48.3 Å². The number of likely N-dealkylation sites (tertiary alicyclic amines) is 1. The largest absolute Gasteiger partial charge is 0.444 e. The molecular formula is C21H25BrF4N4O3. The third-order valence-electron chi connectivity index (χ3n) is 5.14. The van der Waals surface area contributed by atoms with Crippen LogP contribution < -0.4 is 5.32 Å². The lowest BCUT2D eigenvalue weighted by Crippen LogP contribution is -2.58. The molecule has 0 radical (unpaired) electrons. The topological polar surface area (TPSA) is 75.9 Å². The van der Waals surface area contributed by atoms with Crippen molar-refractivity contribution >= 4 is 33.4 Å². The normalized spacial score (nSPS) is 21.8. The van der Waals surface area contributed by atoms with Crippen LogP contribution in [0.3, 0.4) is 0 Å². The van der Waals surface area contributed by atoms with Gasteiger partial charge in [-0.1, -0.05) is 22.9 Å². The fraction of sp³-hybridized carbons (Fsp3) is 0.571. The van der Waals surface area contributed by atoms with Crippen molar-refractivity contribution in [3.63, 3.8) is 0 Å². The summed E-state index contributed by atoms with van der Waals surface area (Å²) in [5.74, 6) is -1.13. The molecule has 12 heteroatoms. The maximum atomic E-state index is 15.0. The van der Waals surface area contributed by atoms with Gasteiger partial charge in [-0.3, -0.25) is 4.79 Å². The molecule has 0 aromatic carbocycles. The molecule has 1 saturated heterocycles. The molecule has 0 bridgehead atoms. The van der Waals surface area contributed by atoms with E-state index in [1.165, 1.54) is 17.0 Å². The van der Waals surface area contributed by atoms with Gasteiger partial charge < -0.3 is 15.0 Å². The molecule has 33 heavy (non-hydrogen) atoms. The standard InChI is InChI=1S/C21H25BrF4N4O3/c1-11-9-29(19(32)33-20(2,3)4)10-14(23)17(11)28-18(31)16-6-13(22)5-15-12(7-21(24,25)26)8-27-30(15)16/h5-6,8,11,14,17H,7,9-10H2,1-4H3,(H,28,31)/t11-,14-,17+/m0/s1. The molecule has 3 atom stereocenters. The first-order valence-corrected chi connectivity index (χ1v) is 11.1. The fourth-order valence-corrected chi connectivity index (χ4v) is 4.20. The van der Waals surface area contributed by atoms with E-state index >= 15 is 0 Å². The molecule has 2 amide bonds. The van der Waals surface area contributed by atoms with E-state index in [4.69, 9.17) is 4.74 Å².